The topological polar surface area (TPSA) is 72.0 Å². The predicted octanol–water partition coefficient (Wildman–Crippen LogP) is 4.92. The van der Waals surface area contributed by atoms with Gasteiger partial charge >= 0.3 is 5.97 Å². The van der Waals surface area contributed by atoms with Crippen molar-refractivity contribution in [2.75, 3.05) is 0 Å². The maximum atomic E-state index is 12.2. The van der Waals surface area contributed by atoms with E-state index in [-0.39, 0.29) is 22.4 Å². The Hall–Kier alpha value is -2.82. The Labute approximate surface area is 159 Å². The van der Waals surface area contributed by atoms with Gasteiger partial charge in [-0.15, -0.1) is 0 Å². The van der Waals surface area contributed by atoms with Crippen LogP contribution < -0.4 is 0 Å². The van der Waals surface area contributed by atoms with Gasteiger partial charge in [-0.2, -0.15) is 0 Å². The van der Waals surface area contributed by atoms with E-state index in [9.17, 15) is 9.90 Å². The van der Waals surface area contributed by atoms with Crippen molar-refractivity contribution in [3.8, 4) is 5.75 Å². The molecule has 0 radical (unpaired) electrons. The molecule has 0 atom stereocenters. The van der Waals surface area contributed by atoms with Crippen LogP contribution in [-0.4, -0.2) is 17.0 Å². The summed E-state index contributed by atoms with van der Waals surface area (Å²) in [6, 6.07) is 7.18. The number of aliphatic imine (C=N–C) groups is 1. The van der Waals surface area contributed by atoms with Crippen LogP contribution in [-0.2, 0) is 20.4 Å². The Morgan fingerprint density at radius 3 is 2.11 bits per heavy atom. The quantitative estimate of drug-likeness (QED) is 0.604. The second kappa shape index (κ2) is 6.41. The molecular formula is C22H25NO4. The second-order valence-electron chi connectivity index (χ2n) is 8.78. The van der Waals surface area contributed by atoms with E-state index in [4.69, 9.17) is 9.15 Å². The summed E-state index contributed by atoms with van der Waals surface area (Å²) < 4.78 is 10.4. The van der Waals surface area contributed by atoms with Crippen molar-refractivity contribution < 1.29 is 19.1 Å². The molecule has 2 aromatic rings. The molecule has 0 amide bonds. The van der Waals surface area contributed by atoms with E-state index in [1.807, 2.05) is 53.7 Å². The van der Waals surface area contributed by atoms with Crippen LogP contribution in [0.4, 0.5) is 0 Å². The molecule has 0 spiro atoms. The third kappa shape index (κ3) is 3.82. The minimum absolute atomic E-state index is 0.155. The Kier molecular flexibility index (Phi) is 4.50. The molecule has 1 aromatic carbocycles. The third-order valence-corrected chi connectivity index (χ3v) is 4.40. The van der Waals surface area contributed by atoms with Crippen molar-refractivity contribution in [3.05, 3.63) is 58.7 Å². The monoisotopic (exact) mass is 367 g/mol. The highest BCUT2D eigenvalue weighted by atomic mass is 16.6. The van der Waals surface area contributed by atoms with Crippen molar-refractivity contribution in [2.45, 2.75) is 52.4 Å². The molecule has 0 fully saturated rings. The van der Waals surface area contributed by atoms with Crippen LogP contribution in [0.25, 0.3) is 6.08 Å². The van der Waals surface area contributed by atoms with E-state index < -0.39 is 5.97 Å². The maximum Gasteiger partial charge on any atom is 0.363 e. The van der Waals surface area contributed by atoms with Crippen LogP contribution in [0.2, 0.25) is 0 Å². The van der Waals surface area contributed by atoms with Crippen LogP contribution in [0.3, 0.4) is 0 Å². The number of cyclic esters (lactones) is 1. The number of nitrogens with zero attached hydrogens (tertiary/aromatic N) is 1. The number of benzene rings is 1. The number of hydrogen-bond acceptors (Lipinski definition) is 5. The van der Waals surface area contributed by atoms with Gasteiger partial charge in [0, 0.05) is 11.1 Å². The van der Waals surface area contributed by atoms with E-state index in [0.29, 0.717) is 11.5 Å². The number of esters is 1. The third-order valence-electron chi connectivity index (χ3n) is 4.40. The minimum Gasteiger partial charge on any atom is -0.507 e. The summed E-state index contributed by atoms with van der Waals surface area (Å²) in [4.78, 5) is 16.5. The van der Waals surface area contributed by atoms with Crippen LogP contribution in [0.1, 0.15) is 64.0 Å². The van der Waals surface area contributed by atoms with E-state index in [2.05, 4.69) is 4.99 Å². The van der Waals surface area contributed by atoms with Gasteiger partial charge in [-0.05, 0) is 46.7 Å². The molecule has 1 aromatic heterocycles. The second-order valence-corrected chi connectivity index (χ2v) is 8.78. The molecule has 0 bridgehead atoms. The summed E-state index contributed by atoms with van der Waals surface area (Å²) in [6.45, 7) is 12.3. The number of phenols is 1. The SMILES string of the molecule is CC(C)(C)c1cc(/C=C2\N=C(c3ccco3)OC2=O)cc(C(C)(C)C)c1O. The molecule has 27 heavy (non-hydrogen) atoms. The first-order valence-corrected chi connectivity index (χ1v) is 8.91. The van der Waals surface area contributed by atoms with Gasteiger partial charge in [-0.3, -0.25) is 0 Å². The number of ether oxygens (including phenoxy) is 1. The Balaban J connectivity index is 2.12. The highest BCUT2D eigenvalue weighted by molar-refractivity contribution is 6.11. The van der Waals surface area contributed by atoms with Crippen LogP contribution in [0, 0.1) is 0 Å². The summed E-state index contributed by atoms with van der Waals surface area (Å²) in [6.07, 6.45) is 3.18. The Morgan fingerprint density at radius 2 is 1.63 bits per heavy atom. The van der Waals surface area contributed by atoms with Gasteiger partial charge in [-0.25, -0.2) is 9.79 Å². The predicted molar refractivity (Wildman–Crippen MR) is 105 cm³/mol. The summed E-state index contributed by atoms with van der Waals surface area (Å²) in [7, 11) is 0. The molecule has 1 aliphatic rings. The van der Waals surface area contributed by atoms with Gasteiger partial charge in [0.2, 0.25) is 0 Å². The van der Waals surface area contributed by atoms with Gasteiger partial charge in [0.1, 0.15) is 5.75 Å². The van der Waals surface area contributed by atoms with Crippen LogP contribution in [0.15, 0.2) is 45.6 Å². The largest absolute Gasteiger partial charge is 0.507 e. The fourth-order valence-electron chi connectivity index (χ4n) is 2.96. The standard InChI is InChI=1S/C22H25NO4/c1-21(2,3)14-10-13(11-15(18(14)24)22(4,5)6)12-16-20(25)27-19(23-16)17-8-7-9-26-17/h7-12,24H,1-6H3/b16-12-. The number of carbonyl (C=O) groups is 1. The summed E-state index contributed by atoms with van der Waals surface area (Å²) >= 11 is 0. The van der Waals surface area contributed by atoms with Crippen molar-refractivity contribution in [1.29, 1.82) is 0 Å². The fraction of sp³-hybridized carbons (Fsp3) is 0.364. The molecule has 0 aliphatic carbocycles. The summed E-state index contributed by atoms with van der Waals surface area (Å²) in [5.41, 5.74) is 2.13. The minimum atomic E-state index is -0.524. The lowest BCUT2D eigenvalue weighted by molar-refractivity contribution is -0.130. The van der Waals surface area contributed by atoms with Gasteiger partial charge < -0.3 is 14.3 Å². The van der Waals surface area contributed by atoms with Crippen LogP contribution >= 0.6 is 0 Å². The molecular weight excluding hydrogens is 342 g/mol. The fourth-order valence-corrected chi connectivity index (χ4v) is 2.96. The average molecular weight is 367 g/mol. The lowest BCUT2D eigenvalue weighted by atomic mass is 9.78. The normalized spacial score (nSPS) is 16.6. The molecule has 5 nitrogen and oxygen atoms in total. The number of furan rings is 1. The number of aromatic hydroxyl groups is 1. The zero-order valence-corrected chi connectivity index (χ0v) is 16.6. The van der Waals surface area contributed by atoms with Crippen molar-refractivity contribution in [2.24, 2.45) is 4.99 Å². The first kappa shape index (κ1) is 19.0. The first-order valence-electron chi connectivity index (χ1n) is 8.91. The van der Waals surface area contributed by atoms with Crippen molar-refractivity contribution >= 4 is 17.9 Å². The molecule has 3 rings (SSSR count). The zero-order valence-electron chi connectivity index (χ0n) is 16.6. The summed E-state index contributed by atoms with van der Waals surface area (Å²) in [5.74, 6) is 0.334. The first-order chi connectivity index (χ1) is 12.5. The lowest BCUT2D eigenvalue weighted by Gasteiger charge is -2.27. The smallest absolute Gasteiger partial charge is 0.363 e. The molecule has 0 saturated carbocycles. The van der Waals surface area contributed by atoms with E-state index in [1.165, 1.54) is 6.26 Å². The van der Waals surface area contributed by atoms with Crippen molar-refractivity contribution in [3.63, 3.8) is 0 Å². The van der Waals surface area contributed by atoms with E-state index in [1.54, 1.807) is 18.2 Å². The molecule has 2 heterocycles. The van der Waals surface area contributed by atoms with Gasteiger partial charge in [0.05, 0.1) is 6.26 Å². The van der Waals surface area contributed by atoms with Gasteiger partial charge in [0.15, 0.2) is 11.5 Å². The maximum absolute atomic E-state index is 12.2. The van der Waals surface area contributed by atoms with E-state index in [0.717, 1.165) is 16.7 Å². The molecule has 1 N–H and O–H groups in total. The molecule has 1 aliphatic heterocycles. The zero-order chi connectivity index (χ0) is 20.0. The lowest BCUT2D eigenvalue weighted by Crippen LogP contribution is -2.17. The van der Waals surface area contributed by atoms with Crippen molar-refractivity contribution in [1.82, 2.24) is 0 Å². The summed E-state index contributed by atoms with van der Waals surface area (Å²) in [5, 5.41) is 10.8. The number of carbonyl (C=O) groups excluding carboxylic acids is 1. The average Bonchev–Trinajstić information content (AvgIpc) is 3.17. The van der Waals surface area contributed by atoms with Gasteiger partial charge in [0.25, 0.3) is 5.90 Å². The van der Waals surface area contributed by atoms with Gasteiger partial charge in [-0.1, -0.05) is 41.5 Å². The molecule has 0 unspecified atom stereocenters. The molecule has 142 valence electrons. The number of rotatable bonds is 2. The Bertz CT molecular complexity index is 901. The highest BCUT2D eigenvalue weighted by Gasteiger charge is 2.28. The van der Waals surface area contributed by atoms with E-state index >= 15 is 0 Å². The number of phenolic OH excluding ortho intramolecular Hbond substituents is 1. The number of hydrogen-bond donors (Lipinski definition) is 1. The highest BCUT2D eigenvalue weighted by Crippen LogP contribution is 2.40. The molecule has 0 saturated heterocycles. The Morgan fingerprint density at radius 1 is 1.04 bits per heavy atom. The van der Waals surface area contributed by atoms with Crippen LogP contribution in [0.5, 0.6) is 5.75 Å². The molecule has 5 heteroatoms.